The van der Waals surface area contributed by atoms with E-state index in [2.05, 4.69) is 15.5 Å². The molecule has 1 aromatic rings. The van der Waals surface area contributed by atoms with Gasteiger partial charge in [-0.15, -0.1) is 5.10 Å². The van der Waals surface area contributed by atoms with Crippen LogP contribution in [0, 0.1) is 0 Å². The number of rotatable bonds is 6. The standard InChI is InChI=1S/C8H14N4O3S/c1-3-8(2,15)5-16-7-9-10-11-12(7)4-6(13)14/h15H,3-5H2,1-2H3,(H,13,14). The molecule has 0 bridgehead atoms. The van der Waals surface area contributed by atoms with Crippen LogP contribution in [0.1, 0.15) is 20.3 Å². The molecule has 0 radical (unpaired) electrons. The van der Waals surface area contributed by atoms with Crippen LogP contribution in [-0.4, -0.2) is 47.7 Å². The van der Waals surface area contributed by atoms with Gasteiger partial charge in [0.25, 0.3) is 0 Å². The fraction of sp³-hybridized carbons (Fsp3) is 0.750. The summed E-state index contributed by atoms with van der Waals surface area (Å²) >= 11 is 1.24. The van der Waals surface area contributed by atoms with Crippen molar-refractivity contribution in [3.05, 3.63) is 0 Å². The highest BCUT2D eigenvalue weighted by Gasteiger charge is 2.20. The number of tetrazole rings is 1. The first-order valence-corrected chi connectivity index (χ1v) is 5.76. The Balaban J connectivity index is 2.60. The van der Waals surface area contributed by atoms with Crippen LogP contribution in [0.3, 0.4) is 0 Å². The molecule has 0 aliphatic carbocycles. The lowest BCUT2D eigenvalue weighted by atomic mass is 10.1. The van der Waals surface area contributed by atoms with E-state index in [1.165, 1.54) is 16.4 Å². The van der Waals surface area contributed by atoms with Crippen molar-refractivity contribution in [3.63, 3.8) is 0 Å². The number of hydrogen-bond donors (Lipinski definition) is 2. The minimum Gasteiger partial charge on any atom is -0.480 e. The van der Waals surface area contributed by atoms with E-state index in [9.17, 15) is 9.90 Å². The summed E-state index contributed by atoms with van der Waals surface area (Å²) in [4.78, 5) is 10.5. The van der Waals surface area contributed by atoms with Crippen molar-refractivity contribution in [2.24, 2.45) is 0 Å². The molecule has 0 fully saturated rings. The SMILES string of the molecule is CCC(C)(O)CSc1nnnn1CC(=O)O. The second kappa shape index (κ2) is 5.26. The Kier molecular flexibility index (Phi) is 4.25. The number of carboxylic acid groups (broad SMARTS) is 1. The highest BCUT2D eigenvalue weighted by Crippen LogP contribution is 2.21. The maximum absolute atomic E-state index is 10.5. The van der Waals surface area contributed by atoms with Crippen LogP contribution < -0.4 is 0 Å². The molecule has 1 unspecified atom stereocenters. The Morgan fingerprint density at radius 2 is 2.31 bits per heavy atom. The smallest absolute Gasteiger partial charge is 0.325 e. The Bertz CT molecular complexity index is 366. The summed E-state index contributed by atoms with van der Waals surface area (Å²) in [6, 6.07) is 0. The van der Waals surface area contributed by atoms with Crippen molar-refractivity contribution < 1.29 is 15.0 Å². The third-order valence-electron chi connectivity index (χ3n) is 2.06. The number of aromatic nitrogens is 4. The van der Waals surface area contributed by atoms with Gasteiger partial charge in [-0.3, -0.25) is 4.79 Å². The first kappa shape index (κ1) is 12.9. The van der Waals surface area contributed by atoms with Gasteiger partial charge in [-0.25, -0.2) is 4.68 Å². The van der Waals surface area contributed by atoms with Crippen LogP contribution in [0.5, 0.6) is 0 Å². The van der Waals surface area contributed by atoms with Gasteiger partial charge in [-0.1, -0.05) is 18.7 Å². The topological polar surface area (TPSA) is 101 Å². The monoisotopic (exact) mass is 246 g/mol. The van der Waals surface area contributed by atoms with E-state index in [4.69, 9.17) is 5.11 Å². The van der Waals surface area contributed by atoms with E-state index in [1.54, 1.807) is 6.92 Å². The maximum atomic E-state index is 10.5. The molecule has 7 nitrogen and oxygen atoms in total. The van der Waals surface area contributed by atoms with Gasteiger partial charge in [0.05, 0.1) is 5.60 Å². The second-order valence-electron chi connectivity index (χ2n) is 3.65. The van der Waals surface area contributed by atoms with Gasteiger partial charge >= 0.3 is 5.97 Å². The molecule has 8 heteroatoms. The number of aliphatic hydroxyl groups is 1. The number of nitrogens with zero attached hydrogens (tertiary/aromatic N) is 4. The van der Waals surface area contributed by atoms with E-state index in [0.717, 1.165) is 0 Å². The molecule has 0 saturated heterocycles. The van der Waals surface area contributed by atoms with E-state index < -0.39 is 11.6 Å². The van der Waals surface area contributed by atoms with Crippen molar-refractivity contribution in [2.45, 2.75) is 37.6 Å². The molecule has 0 aromatic carbocycles. The molecule has 1 atom stereocenters. The summed E-state index contributed by atoms with van der Waals surface area (Å²) in [5.41, 5.74) is -0.801. The molecular weight excluding hydrogens is 232 g/mol. The quantitative estimate of drug-likeness (QED) is 0.682. The molecule has 0 aliphatic heterocycles. The Morgan fingerprint density at radius 3 is 2.88 bits per heavy atom. The summed E-state index contributed by atoms with van der Waals surface area (Å²) in [7, 11) is 0. The molecule has 1 aromatic heterocycles. The number of carboxylic acids is 1. The molecule has 0 spiro atoms. The lowest BCUT2D eigenvalue weighted by Crippen LogP contribution is -2.26. The molecule has 0 aliphatic rings. The number of thioether (sulfide) groups is 1. The zero-order valence-corrected chi connectivity index (χ0v) is 9.94. The van der Waals surface area contributed by atoms with Crippen LogP contribution in [0.25, 0.3) is 0 Å². The van der Waals surface area contributed by atoms with Gasteiger partial charge < -0.3 is 10.2 Å². The second-order valence-corrected chi connectivity index (χ2v) is 4.59. The Labute approximate surface area is 96.8 Å². The fourth-order valence-corrected chi connectivity index (χ4v) is 1.84. The van der Waals surface area contributed by atoms with Crippen molar-refractivity contribution in [3.8, 4) is 0 Å². The highest BCUT2D eigenvalue weighted by molar-refractivity contribution is 7.99. The summed E-state index contributed by atoms with van der Waals surface area (Å²) in [6.07, 6.45) is 0.612. The molecule has 0 amide bonds. The maximum Gasteiger partial charge on any atom is 0.325 e. The predicted octanol–water partition coefficient (Wildman–Crippen LogP) is 0.0108. The van der Waals surface area contributed by atoms with Crippen LogP contribution >= 0.6 is 11.8 Å². The first-order valence-electron chi connectivity index (χ1n) is 4.78. The molecule has 1 rings (SSSR count). The molecule has 90 valence electrons. The first-order chi connectivity index (χ1) is 7.44. The lowest BCUT2D eigenvalue weighted by molar-refractivity contribution is -0.138. The van der Waals surface area contributed by atoms with E-state index in [-0.39, 0.29) is 6.54 Å². The normalized spacial score (nSPS) is 14.7. The zero-order valence-electron chi connectivity index (χ0n) is 9.12. The van der Waals surface area contributed by atoms with Crippen molar-refractivity contribution in [2.75, 3.05) is 5.75 Å². The Hall–Kier alpha value is -1.15. The largest absolute Gasteiger partial charge is 0.480 e. The molecule has 0 saturated carbocycles. The summed E-state index contributed by atoms with van der Waals surface area (Å²) in [5.74, 6) is -0.583. The average molecular weight is 246 g/mol. The Morgan fingerprint density at radius 1 is 1.62 bits per heavy atom. The highest BCUT2D eigenvalue weighted by atomic mass is 32.2. The van der Waals surface area contributed by atoms with E-state index in [0.29, 0.717) is 17.3 Å². The van der Waals surface area contributed by atoms with Gasteiger partial charge in [0.15, 0.2) is 0 Å². The minimum absolute atomic E-state index is 0.274. The van der Waals surface area contributed by atoms with Gasteiger partial charge in [0, 0.05) is 5.75 Å². The van der Waals surface area contributed by atoms with Crippen LogP contribution in [-0.2, 0) is 11.3 Å². The molecule has 1 heterocycles. The number of carbonyl (C=O) groups is 1. The van der Waals surface area contributed by atoms with Crippen molar-refractivity contribution >= 4 is 17.7 Å². The number of hydrogen-bond acceptors (Lipinski definition) is 6. The summed E-state index contributed by atoms with van der Waals surface area (Å²) < 4.78 is 1.19. The number of aliphatic carboxylic acids is 1. The van der Waals surface area contributed by atoms with Gasteiger partial charge in [-0.05, 0) is 23.8 Å². The predicted molar refractivity (Wildman–Crippen MR) is 57.1 cm³/mol. The van der Waals surface area contributed by atoms with E-state index in [1.807, 2.05) is 6.92 Å². The minimum atomic E-state index is -1.00. The molecular formula is C8H14N4O3S. The third-order valence-corrected chi connectivity index (χ3v) is 3.37. The molecule has 2 N–H and O–H groups in total. The van der Waals surface area contributed by atoms with E-state index >= 15 is 0 Å². The van der Waals surface area contributed by atoms with Crippen molar-refractivity contribution in [1.29, 1.82) is 0 Å². The van der Waals surface area contributed by atoms with Gasteiger partial charge in [0.2, 0.25) is 5.16 Å². The fourth-order valence-electron chi connectivity index (χ4n) is 0.849. The summed E-state index contributed by atoms with van der Waals surface area (Å²) in [6.45, 7) is 3.32. The van der Waals surface area contributed by atoms with Crippen LogP contribution in [0.4, 0.5) is 0 Å². The van der Waals surface area contributed by atoms with Crippen LogP contribution in [0.2, 0.25) is 0 Å². The zero-order chi connectivity index (χ0) is 12.2. The molecule has 16 heavy (non-hydrogen) atoms. The average Bonchev–Trinajstić information content (AvgIpc) is 2.62. The lowest BCUT2D eigenvalue weighted by Gasteiger charge is -2.19. The van der Waals surface area contributed by atoms with Crippen LogP contribution in [0.15, 0.2) is 5.16 Å². The van der Waals surface area contributed by atoms with Gasteiger partial charge in [-0.2, -0.15) is 0 Å². The van der Waals surface area contributed by atoms with Crippen molar-refractivity contribution in [1.82, 2.24) is 20.2 Å². The van der Waals surface area contributed by atoms with Gasteiger partial charge in [0.1, 0.15) is 6.54 Å². The summed E-state index contributed by atoms with van der Waals surface area (Å²) in [5, 5.41) is 29.4. The third kappa shape index (κ3) is 3.78.